The lowest BCUT2D eigenvalue weighted by molar-refractivity contribution is 1.02. The summed E-state index contributed by atoms with van der Waals surface area (Å²) in [5.41, 5.74) is 14.3. The van der Waals surface area contributed by atoms with Crippen LogP contribution in [0.25, 0.3) is 44.5 Å². The van der Waals surface area contributed by atoms with Crippen molar-refractivity contribution in [2.45, 2.75) is 5.92 Å². The Morgan fingerprint density at radius 1 is 0.297 bits per heavy atom. The van der Waals surface area contributed by atoms with Crippen LogP contribution in [0.15, 0.2) is 152 Å². The number of hydrogen-bond acceptors (Lipinski definition) is 0. The summed E-state index contributed by atoms with van der Waals surface area (Å²) in [7, 11) is 0. The van der Waals surface area contributed by atoms with E-state index in [-0.39, 0.29) is 5.92 Å². The number of fused-ring (bicyclic) bond motifs is 3. The second-order valence-electron chi connectivity index (χ2n) is 9.76. The molecule has 0 heteroatoms. The van der Waals surface area contributed by atoms with Gasteiger partial charge in [0, 0.05) is 5.92 Å². The van der Waals surface area contributed by atoms with E-state index in [1.807, 2.05) is 0 Å². The molecule has 7 rings (SSSR count). The molecule has 0 spiro atoms. The molecule has 1 aliphatic carbocycles. The molecule has 1 aliphatic rings. The molecule has 6 aromatic carbocycles. The van der Waals surface area contributed by atoms with Crippen molar-refractivity contribution in [2.75, 3.05) is 0 Å². The summed E-state index contributed by atoms with van der Waals surface area (Å²) in [5, 5.41) is 0. The van der Waals surface area contributed by atoms with Gasteiger partial charge in [-0.15, -0.1) is 0 Å². The average Bonchev–Trinajstić information content (AvgIpc) is 3.31. The molecule has 0 nitrogen and oxygen atoms in total. The summed E-state index contributed by atoms with van der Waals surface area (Å²) in [4.78, 5) is 0. The third-order valence-electron chi connectivity index (χ3n) is 7.58. The van der Waals surface area contributed by atoms with Crippen LogP contribution in [0.2, 0.25) is 0 Å². The minimum absolute atomic E-state index is 0.221. The zero-order valence-corrected chi connectivity index (χ0v) is 20.5. The van der Waals surface area contributed by atoms with Crippen LogP contribution in [0.1, 0.15) is 22.6 Å². The maximum Gasteiger partial charge on any atom is 0.0352 e. The predicted molar refractivity (Wildman–Crippen MR) is 156 cm³/mol. The Morgan fingerprint density at radius 3 is 1.14 bits per heavy atom. The molecule has 0 aromatic heterocycles. The third-order valence-corrected chi connectivity index (χ3v) is 7.58. The lowest BCUT2D eigenvalue weighted by Crippen LogP contribution is -1.99. The molecule has 174 valence electrons. The minimum Gasteiger partial charge on any atom is -0.0622 e. The molecule has 1 unspecified atom stereocenters. The highest BCUT2D eigenvalue weighted by Crippen LogP contribution is 2.50. The molecule has 0 radical (unpaired) electrons. The van der Waals surface area contributed by atoms with E-state index in [1.165, 1.54) is 61.2 Å². The molecule has 0 saturated carbocycles. The molecule has 0 heterocycles. The first-order valence-electron chi connectivity index (χ1n) is 12.9. The zero-order valence-electron chi connectivity index (χ0n) is 20.5. The summed E-state index contributed by atoms with van der Waals surface area (Å²) < 4.78 is 0. The normalized spacial score (nSPS) is 13.7. The Kier molecular flexibility index (Phi) is 5.30. The molecule has 0 bridgehead atoms. The summed E-state index contributed by atoms with van der Waals surface area (Å²) in [5.74, 6) is 0.221. The van der Waals surface area contributed by atoms with Crippen molar-refractivity contribution in [1.29, 1.82) is 0 Å². The first-order chi connectivity index (χ1) is 18.3. The maximum atomic E-state index is 2.41. The van der Waals surface area contributed by atoms with Gasteiger partial charge < -0.3 is 0 Å². The molecule has 1 atom stereocenters. The van der Waals surface area contributed by atoms with Crippen molar-refractivity contribution in [3.05, 3.63) is 168 Å². The van der Waals surface area contributed by atoms with Gasteiger partial charge in [0.05, 0.1) is 0 Å². The van der Waals surface area contributed by atoms with Crippen molar-refractivity contribution in [2.24, 2.45) is 0 Å². The summed E-state index contributed by atoms with van der Waals surface area (Å²) in [6.07, 6.45) is 0. The molecule has 37 heavy (non-hydrogen) atoms. The topological polar surface area (TPSA) is 0 Å². The Balaban J connectivity index is 1.33. The van der Waals surface area contributed by atoms with Gasteiger partial charge in [-0.1, -0.05) is 140 Å². The van der Waals surface area contributed by atoms with Gasteiger partial charge in [-0.2, -0.15) is 0 Å². The summed E-state index contributed by atoms with van der Waals surface area (Å²) >= 11 is 0. The summed E-state index contributed by atoms with van der Waals surface area (Å²) in [6, 6.07) is 55.1. The monoisotopic (exact) mass is 470 g/mol. The van der Waals surface area contributed by atoms with Crippen molar-refractivity contribution in [1.82, 2.24) is 0 Å². The van der Waals surface area contributed by atoms with Gasteiger partial charge in [0.25, 0.3) is 0 Å². The zero-order chi connectivity index (χ0) is 24.6. The Morgan fingerprint density at radius 2 is 0.649 bits per heavy atom. The number of hydrogen-bond donors (Lipinski definition) is 0. The van der Waals surface area contributed by atoms with Crippen molar-refractivity contribution >= 4 is 0 Å². The molecule has 6 aromatic rings. The van der Waals surface area contributed by atoms with Crippen LogP contribution in [0.5, 0.6) is 0 Å². The third kappa shape index (κ3) is 3.88. The standard InChI is InChI=1S/C37H26/c1-4-10-26(11-5-1)28-16-18-29(19-17-28)32-21-23-34-33-22-20-31(27-12-6-2-7-13-27)24-35(33)37(36(34)25-32)30-14-8-3-9-15-30/h1-25,37H. The maximum absolute atomic E-state index is 2.41. The molecule has 0 fully saturated rings. The molecule has 0 saturated heterocycles. The van der Waals surface area contributed by atoms with Crippen LogP contribution < -0.4 is 0 Å². The largest absolute Gasteiger partial charge is 0.0622 e. The molecule has 0 amide bonds. The second-order valence-corrected chi connectivity index (χ2v) is 9.76. The second kappa shape index (κ2) is 9.08. The Hall–Kier alpha value is -4.68. The molecular weight excluding hydrogens is 444 g/mol. The predicted octanol–water partition coefficient (Wildman–Crippen LogP) is 9.85. The van der Waals surface area contributed by atoms with Crippen LogP contribution in [-0.4, -0.2) is 0 Å². The minimum atomic E-state index is 0.221. The van der Waals surface area contributed by atoms with Crippen molar-refractivity contribution in [3.63, 3.8) is 0 Å². The van der Waals surface area contributed by atoms with Crippen LogP contribution in [0.3, 0.4) is 0 Å². The van der Waals surface area contributed by atoms with Gasteiger partial charge in [-0.25, -0.2) is 0 Å². The van der Waals surface area contributed by atoms with E-state index < -0.39 is 0 Å². The smallest absolute Gasteiger partial charge is 0.0352 e. The highest BCUT2D eigenvalue weighted by Gasteiger charge is 2.30. The van der Waals surface area contributed by atoms with Gasteiger partial charge in [-0.05, 0) is 73.3 Å². The average molecular weight is 471 g/mol. The van der Waals surface area contributed by atoms with Crippen LogP contribution in [0.4, 0.5) is 0 Å². The van der Waals surface area contributed by atoms with Crippen LogP contribution in [-0.2, 0) is 0 Å². The lowest BCUT2D eigenvalue weighted by atomic mass is 9.87. The van der Waals surface area contributed by atoms with Gasteiger partial charge in [0.15, 0.2) is 0 Å². The highest BCUT2D eigenvalue weighted by molar-refractivity contribution is 5.86. The van der Waals surface area contributed by atoms with E-state index in [0.717, 1.165) is 0 Å². The van der Waals surface area contributed by atoms with Gasteiger partial charge in [0.1, 0.15) is 0 Å². The summed E-state index contributed by atoms with van der Waals surface area (Å²) in [6.45, 7) is 0. The van der Waals surface area contributed by atoms with Gasteiger partial charge >= 0.3 is 0 Å². The van der Waals surface area contributed by atoms with E-state index in [2.05, 4.69) is 152 Å². The molecular formula is C37H26. The van der Waals surface area contributed by atoms with E-state index >= 15 is 0 Å². The van der Waals surface area contributed by atoms with E-state index in [4.69, 9.17) is 0 Å². The molecule has 0 aliphatic heterocycles. The van der Waals surface area contributed by atoms with Crippen molar-refractivity contribution in [3.8, 4) is 44.5 Å². The quantitative estimate of drug-likeness (QED) is 0.240. The highest BCUT2D eigenvalue weighted by atomic mass is 14.3. The van der Waals surface area contributed by atoms with E-state index in [9.17, 15) is 0 Å². The lowest BCUT2D eigenvalue weighted by Gasteiger charge is -2.16. The van der Waals surface area contributed by atoms with E-state index in [0.29, 0.717) is 0 Å². The SMILES string of the molecule is c1ccc(-c2ccc(-c3ccc4c(c3)C(c3ccccc3)c3cc(-c5ccccc5)ccc3-4)cc2)cc1. The number of rotatable bonds is 4. The van der Waals surface area contributed by atoms with Crippen molar-refractivity contribution < 1.29 is 0 Å². The molecule has 0 N–H and O–H groups in total. The first kappa shape index (κ1) is 21.6. The van der Waals surface area contributed by atoms with Gasteiger partial charge in [-0.3, -0.25) is 0 Å². The number of benzene rings is 6. The first-order valence-corrected chi connectivity index (χ1v) is 12.9. The van der Waals surface area contributed by atoms with Crippen LogP contribution >= 0.6 is 0 Å². The van der Waals surface area contributed by atoms with Gasteiger partial charge in [0.2, 0.25) is 0 Å². The van der Waals surface area contributed by atoms with Crippen LogP contribution in [0, 0.1) is 0 Å². The fraction of sp³-hybridized carbons (Fsp3) is 0.0270. The fourth-order valence-electron chi connectivity index (χ4n) is 5.74. The Labute approximate surface area is 218 Å². The Bertz CT molecular complexity index is 1680. The van der Waals surface area contributed by atoms with E-state index in [1.54, 1.807) is 0 Å². The fourth-order valence-corrected chi connectivity index (χ4v) is 5.74.